The van der Waals surface area contributed by atoms with Crippen LogP contribution in [-0.2, 0) is 11.8 Å². The molecule has 3 heterocycles. The Kier molecular flexibility index (Phi) is 2.28. The summed E-state index contributed by atoms with van der Waals surface area (Å²) in [5.74, 6) is -0.103. The van der Waals surface area contributed by atoms with Crippen LogP contribution in [0, 0.1) is 5.82 Å². The van der Waals surface area contributed by atoms with Gasteiger partial charge in [-0.15, -0.1) is 11.3 Å². The van der Waals surface area contributed by atoms with Gasteiger partial charge in [0.1, 0.15) is 0 Å². The van der Waals surface area contributed by atoms with E-state index in [1.807, 2.05) is 6.20 Å². The first kappa shape index (κ1) is 12.2. The highest BCUT2D eigenvalue weighted by Crippen LogP contribution is 2.59. The molecular formula is C14H11FN6S. The predicted molar refractivity (Wildman–Crippen MR) is 79.6 cm³/mol. The fraction of sp³-hybridized carbons (Fsp3) is 0.286. The van der Waals surface area contributed by atoms with Crippen molar-refractivity contribution in [3.05, 3.63) is 35.0 Å². The Balaban J connectivity index is 1.56. The van der Waals surface area contributed by atoms with E-state index in [2.05, 4.69) is 25.5 Å². The molecule has 0 atom stereocenters. The molecule has 6 nitrogen and oxygen atoms in total. The number of aromatic amines is 1. The topological polar surface area (TPSA) is 79.4 Å². The molecule has 0 unspecified atom stereocenters. The lowest BCUT2D eigenvalue weighted by molar-refractivity contribution is 0.614. The summed E-state index contributed by atoms with van der Waals surface area (Å²) in [6.07, 6.45) is 7.49. The Morgan fingerprint density at radius 3 is 2.82 bits per heavy atom. The number of rotatable bonds is 2. The van der Waals surface area contributed by atoms with Crippen molar-refractivity contribution in [1.82, 2.24) is 25.1 Å². The summed E-state index contributed by atoms with van der Waals surface area (Å²) in [4.78, 5) is 13.8. The van der Waals surface area contributed by atoms with Gasteiger partial charge < -0.3 is 5.32 Å². The van der Waals surface area contributed by atoms with Crippen molar-refractivity contribution < 1.29 is 4.39 Å². The number of nitrogens with one attached hydrogen (secondary N) is 2. The molecular weight excluding hydrogens is 303 g/mol. The van der Waals surface area contributed by atoms with Crippen molar-refractivity contribution in [2.75, 3.05) is 5.32 Å². The zero-order valence-corrected chi connectivity index (χ0v) is 12.2. The number of aromatic nitrogens is 5. The third kappa shape index (κ3) is 1.70. The Morgan fingerprint density at radius 1 is 1.23 bits per heavy atom. The molecule has 2 N–H and O–H groups in total. The predicted octanol–water partition coefficient (Wildman–Crippen LogP) is 2.79. The van der Waals surface area contributed by atoms with Crippen molar-refractivity contribution in [2.45, 2.75) is 24.7 Å². The van der Waals surface area contributed by atoms with Crippen molar-refractivity contribution in [3.8, 4) is 11.3 Å². The van der Waals surface area contributed by atoms with Crippen molar-refractivity contribution in [3.63, 3.8) is 0 Å². The summed E-state index contributed by atoms with van der Waals surface area (Å²) in [5.41, 5.74) is 3.48. The fourth-order valence-corrected chi connectivity index (χ4v) is 4.23. The Labute approximate surface area is 128 Å². The normalized spacial score (nSPS) is 17.1. The van der Waals surface area contributed by atoms with Gasteiger partial charge in [-0.3, -0.25) is 5.10 Å². The van der Waals surface area contributed by atoms with E-state index in [9.17, 15) is 4.39 Å². The van der Waals surface area contributed by atoms with Crippen LogP contribution in [0.2, 0.25) is 0 Å². The van der Waals surface area contributed by atoms with Gasteiger partial charge in [0.15, 0.2) is 10.9 Å². The molecule has 0 bridgehead atoms. The second-order valence-electron chi connectivity index (χ2n) is 5.77. The highest BCUT2D eigenvalue weighted by Gasteiger charge is 2.51. The highest BCUT2D eigenvalue weighted by molar-refractivity contribution is 7.16. The molecule has 3 aromatic heterocycles. The lowest BCUT2D eigenvalue weighted by atomic mass is 9.88. The van der Waals surface area contributed by atoms with Crippen LogP contribution in [0.3, 0.4) is 0 Å². The monoisotopic (exact) mass is 314 g/mol. The second-order valence-corrected chi connectivity index (χ2v) is 6.77. The summed E-state index contributed by atoms with van der Waals surface area (Å²) < 4.78 is 12.9. The van der Waals surface area contributed by atoms with Crippen LogP contribution >= 0.6 is 11.3 Å². The minimum Gasteiger partial charge on any atom is -0.300 e. The van der Waals surface area contributed by atoms with Gasteiger partial charge in [0, 0.05) is 28.0 Å². The molecule has 8 heteroatoms. The molecule has 0 saturated heterocycles. The molecule has 0 aromatic carbocycles. The maximum atomic E-state index is 12.9. The summed E-state index contributed by atoms with van der Waals surface area (Å²) in [7, 11) is 0. The van der Waals surface area contributed by atoms with Crippen molar-refractivity contribution in [1.29, 1.82) is 0 Å². The molecule has 2 aliphatic carbocycles. The highest BCUT2D eigenvalue weighted by atomic mass is 32.1. The number of hydrogen-bond donors (Lipinski definition) is 2. The number of anilines is 2. The number of thiazole rings is 1. The lowest BCUT2D eigenvalue weighted by Crippen LogP contribution is -2.15. The zero-order chi connectivity index (χ0) is 14.7. The smallest absolute Gasteiger partial charge is 0.229 e. The zero-order valence-electron chi connectivity index (χ0n) is 11.4. The van der Waals surface area contributed by atoms with Gasteiger partial charge in [-0.05, 0) is 12.8 Å². The van der Waals surface area contributed by atoms with E-state index in [4.69, 9.17) is 4.98 Å². The van der Waals surface area contributed by atoms with Gasteiger partial charge in [0.2, 0.25) is 5.95 Å². The molecule has 22 heavy (non-hydrogen) atoms. The maximum absolute atomic E-state index is 12.9. The van der Waals surface area contributed by atoms with E-state index >= 15 is 0 Å². The van der Waals surface area contributed by atoms with Crippen LogP contribution in [0.5, 0.6) is 0 Å². The summed E-state index contributed by atoms with van der Waals surface area (Å²) in [6.45, 7) is 0. The van der Waals surface area contributed by atoms with E-state index in [-0.39, 0.29) is 5.41 Å². The molecule has 0 aliphatic heterocycles. The number of nitrogens with zero attached hydrogens (tertiary/aromatic N) is 4. The SMILES string of the molecule is Fc1cnc(Nc2nc3c(s2)C2(CC2)Cc2[nH]ncc2-3)nc1. The minimum absolute atomic E-state index is 0.232. The van der Waals surface area contributed by atoms with E-state index in [1.54, 1.807) is 11.3 Å². The van der Waals surface area contributed by atoms with Gasteiger partial charge in [0.25, 0.3) is 0 Å². The largest absolute Gasteiger partial charge is 0.300 e. The second kappa shape index (κ2) is 4.10. The summed E-state index contributed by atoms with van der Waals surface area (Å²) in [6, 6.07) is 0. The first-order valence-corrected chi connectivity index (χ1v) is 7.84. The van der Waals surface area contributed by atoms with Crippen LogP contribution < -0.4 is 5.32 Å². The third-order valence-electron chi connectivity index (χ3n) is 4.29. The average Bonchev–Trinajstić information content (AvgIpc) is 2.94. The quantitative estimate of drug-likeness (QED) is 0.760. The standard InChI is InChI=1S/C14H11FN6S/c15-7-4-16-12(17-5-7)20-13-19-10-8-6-18-21-9(8)3-14(1-2-14)11(10)22-13/h4-6H,1-3H2,(H,18,21)(H,16,17,19,20). The number of halogens is 1. The molecule has 2 aliphatic rings. The van der Waals surface area contributed by atoms with Crippen molar-refractivity contribution >= 4 is 22.4 Å². The van der Waals surface area contributed by atoms with Crippen LogP contribution in [0.4, 0.5) is 15.5 Å². The Bertz CT molecular complexity index is 864. The average molecular weight is 314 g/mol. The molecule has 5 rings (SSSR count). The van der Waals surface area contributed by atoms with Crippen LogP contribution in [0.15, 0.2) is 18.6 Å². The molecule has 0 radical (unpaired) electrons. The van der Waals surface area contributed by atoms with Gasteiger partial charge in [0.05, 0.1) is 24.3 Å². The van der Waals surface area contributed by atoms with Crippen molar-refractivity contribution in [2.24, 2.45) is 0 Å². The van der Waals surface area contributed by atoms with Gasteiger partial charge in [-0.1, -0.05) is 0 Å². The van der Waals surface area contributed by atoms with E-state index < -0.39 is 5.82 Å². The van der Waals surface area contributed by atoms with Gasteiger partial charge in [-0.25, -0.2) is 19.3 Å². The summed E-state index contributed by atoms with van der Waals surface area (Å²) in [5, 5.41) is 11.0. The third-order valence-corrected chi connectivity index (χ3v) is 5.51. The first-order chi connectivity index (χ1) is 10.7. The van der Waals surface area contributed by atoms with E-state index in [0.717, 1.165) is 35.2 Å². The molecule has 1 saturated carbocycles. The maximum Gasteiger partial charge on any atom is 0.229 e. The Hall–Kier alpha value is -2.35. The lowest BCUT2D eigenvalue weighted by Gasteiger charge is -2.19. The van der Waals surface area contributed by atoms with Gasteiger partial charge >= 0.3 is 0 Å². The van der Waals surface area contributed by atoms with Gasteiger partial charge in [-0.2, -0.15) is 5.10 Å². The first-order valence-electron chi connectivity index (χ1n) is 7.02. The van der Waals surface area contributed by atoms with Crippen LogP contribution in [0.1, 0.15) is 23.4 Å². The molecule has 1 fully saturated rings. The number of hydrogen-bond acceptors (Lipinski definition) is 6. The fourth-order valence-electron chi connectivity index (χ4n) is 3.01. The molecule has 0 amide bonds. The minimum atomic E-state index is -0.455. The number of H-pyrrole nitrogens is 1. The van der Waals surface area contributed by atoms with E-state index in [1.165, 1.54) is 23.4 Å². The van der Waals surface area contributed by atoms with Crippen LogP contribution in [-0.4, -0.2) is 25.1 Å². The Morgan fingerprint density at radius 2 is 2.05 bits per heavy atom. The van der Waals surface area contributed by atoms with E-state index in [0.29, 0.717) is 5.95 Å². The molecule has 1 spiro atoms. The number of fused-ring (bicyclic) bond motifs is 4. The van der Waals surface area contributed by atoms with Crippen LogP contribution in [0.25, 0.3) is 11.3 Å². The molecule has 3 aromatic rings. The molecule has 110 valence electrons. The summed E-state index contributed by atoms with van der Waals surface area (Å²) >= 11 is 1.63.